The van der Waals surface area contributed by atoms with E-state index >= 15 is 0 Å². The van der Waals surface area contributed by atoms with E-state index in [1.807, 2.05) is 30.5 Å². The monoisotopic (exact) mass is 374 g/mol. The highest BCUT2D eigenvalue weighted by Crippen LogP contribution is 2.15. The van der Waals surface area contributed by atoms with Crippen molar-refractivity contribution in [3.05, 3.63) is 66.8 Å². The minimum atomic E-state index is -0.00329. The summed E-state index contributed by atoms with van der Waals surface area (Å²) >= 11 is 0. The van der Waals surface area contributed by atoms with Crippen molar-refractivity contribution in [1.82, 2.24) is 4.98 Å². The van der Waals surface area contributed by atoms with E-state index in [1.54, 1.807) is 42.5 Å². The maximum Gasteiger partial charge on any atom is 0.287 e. The summed E-state index contributed by atoms with van der Waals surface area (Å²) in [6, 6.07) is 12.6. The number of Topliss-reactive ketones (excluding diaryl/α,β-unsaturated/α-hetero) is 1. The molecule has 0 bridgehead atoms. The van der Waals surface area contributed by atoms with Gasteiger partial charge in [-0.2, -0.15) is 0 Å². The number of carbonyl (C=O) groups is 1. The summed E-state index contributed by atoms with van der Waals surface area (Å²) < 4.78 is 12.1. The number of benzene rings is 1. The molecule has 0 atom stereocenters. The van der Waals surface area contributed by atoms with Crippen LogP contribution in [0.5, 0.6) is 5.75 Å². The number of rotatable bonds is 5. The van der Waals surface area contributed by atoms with Gasteiger partial charge in [-0.1, -0.05) is 12.1 Å². The molecule has 0 aliphatic carbocycles. The highest BCUT2D eigenvalue weighted by Gasteiger charge is 2.13. The summed E-state index contributed by atoms with van der Waals surface area (Å²) in [5, 5.41) is 0. The maximum absolute atomic E-state index is 12.3. The van der Waals surface area contributed by atoms with Gasteiger partial charge in [0.1, 0.15) is 5.75 Å². The van der Waals surface area contributed by atoms with Crippen LogP contribution >= 0.6 is 0 Å². The highest BCUT2D eigenvalue weighted by molar-refractivity contribution is 5.95. The standard InChI is InChI=1S/C17H15N2O3.BrH/c1-21-14-5-2-4-13(10-14)16(20)11-19-8-7-15(18-12-19)17-6-3-9-22-17;/h2-10,12H,11H2,1H3;1H/q+1;/p-1. The van der Waals surface area contributed by atoms with Crippen molar-refractivity contribution in [1.29, 1.82) is 0 Å². The third-order valence-corrected chi connectivity index (χ3v) is 3.26. The number of ether oxygens (including phenoxy) is 1. The van der Waals surface area contributed by atoms with E-state index in [2.05, 4.69) is 4.98 Å². The molecule has 0 radical (unpaired) electrons. The number of ketones is 1. The van der Waals surface area contributed by atoms with Crippen LogP contribution in [0, 0.1) is 0 Å². The Hall–Kier alpha value is -2.47. The fourth-order valence-corrected chi connectivity index (χ4v) is 2.10. The molecule has 0 saturated carbocycles. The molecular weight excluding hydrogens is 360 g/mol. The zero-order valence-electron chi connectivity index (χ0n) is 12.5. The minimum absolute atomic E-state index is 0. The third kappa shape index (κ3) is 4.04. The quantitative estimate of drug-likeness (QED) is 0.447. The smallest absolute Gasteiger partial charge is 0.287 e. The maximum atomic E-state index is 12.3. The number of carbonyl (C=O) groups excluding carboxylic acids is 1. The summed E-state index contributed by atoms with van der Waals surface area (Å²) in [6.45, 7) is 0.221. The van der Waals surface area contributed by atoms with Gasteiger partial charge in [0.15, 0.2) is 12.3 Å². The van der Waals surface area contributed by atoms with Crippen LogP contribution in [-0.4, -0.2) is 17.9 Å². The third-order valence-electron chi connectivity index (χ3n) is 3.26. The largest absolute Gasteiger partial charge is 1.00 e. The van der Waals surface area contributed by atoms with E-state index in [0.717, 1.165) is 5.69 Å². The van der Waals surface area contributed by atoms with Gasteiger partial charge < -0.3 is 26.1 Å². The van der Waals surface area contributed by atoms with Crippen molar-refractivity contribution in [2.24, 2.45) is 0 Å². The van der Waals surface area contributed by atoms with Crippen LogP contribution in [0.25, 0.3) is 11.5 Å². The molecule has 6 heteroatoms. The van der Waals surface area contributed by atoms with Gasteiger partial charge >= 0.3 is 0 Å². The molecule has 0 saturated heterocycles. The molecule has 2 aromatic heterocycles. The summed E-state index contributed by atoms with van der Waals surface area (Å²) in [4.78, 5) is 16.6. The predicted octanol–water partition coefficient (Wildman–Crippen LogP) is -0.475. The number of methoxy groups -OCH3 is 1. The van der Waals surface area contributed by atoms with Gasteiger partial charge in [-0.05, 0) is 29.2 Å². The first-order valence-electron chi connectivity index (χ1n) is 6.82. The van der Waals surface area contributed by atoms with Crippen LogP contribution in [0.15, 0.2) is 65.7 Å². The van der Waals surface area contributed by atoms with Gasteiger partial charge in [0.05, 0.1) is 19.6 Å². The second-order valence-electron chi connectivity index (χ2n) is 4.75. The average molecular weight is 375 g/mol. The Morgan fingerprint density at radius 3 is 2.78 bits per heavy atom. The van der Waals surface area contributed by atoms with Crippen LogP contribution in [0.3, 0.4) is 0 Å². The number of hydrogen-bond acceptors (Lipinski definition) is 4. The van der Waals surface area contributed by atoms with Gasteiger partial charge in [0.2, 0.25) is 11.5 Å². The molecule has 0 N–H and O–H groups in total. The molecule has 0 aliphatic heterocycles. The van der Waals surface area contributed by atoms with Crippen LogP contribution in [-0.2, 0) is 6.54 Å². The first-order valence-corrected chi connectivity index (χ1v) is 6.82. The first-order chi connectivity index (χ1) is 10.8. The second-order valence-corrected chi connectivity index (χ2v) is 4.75. The topological polar surface area (TPSA) is 56.2 Å². The number of nitrogens with zero attached hydrogens (tertiary/aromatic N) is 2. The Kier molecular flexibility index (Phi) is 5.65. The van der Waals surface area contributed by atoms with Crippen LogP contribution in [0.4, 0.5) is 0 Å². The Balaban J connectivity index is 0.00000192. The molecule has 118 valence electrons. The molecule has 3 rings (SSSR count). The Labute approximate surface area is 144 Å². The number of aromatic nitrogens is 2. The normalized spacial score (nSPS) is 9.96. The van der Waals surface area contributed by atoms with E-state index in [9.17, 15) is 4.79 Å². The van der Waals surface area contributed by atoms with Gasteiger partial charge in [-0.3, -0.25) is 4.79 Å². The lowest BCUT2D eigenvalue weighted by molar-refractivity contribution is -0.686. The number of halogens is 1. The van der Waals surface area contributed by atoms with E-state index in [-0.39, 0.29) is 29.3 Å². The van der Waals surface area contributed by atoms with Gasteiger partial charge in [0.25, 0.3) is 6.33 Å². The zero-order chi connectivity index (χ0) is 15.4. The van der Waals surface area contributed by atoms with Gasteiger partial charge in [0, 0.05) is 11.6 Å². The predicted molar refractivity (Wildman–Crippen MR) is 79.5 cm³/mol. The first kappa shape index (κ1) is 16.9. The molecular formula is C17H15BrN2O3. The number of hydrogen-bond donors (Lipinski definition) is 0. The second kappa shape index (κ2) is 7.69. The van der Waals surface area contributed by atoms with Crippen LogP contribution < -0.4 is 26.3 Å². The fraction of sp³-hybridized carbons (Fsp3) is 0.118. The molecule has 3 aromatic rings. The lowest BCUT2D eigenvalue weighted by Crippen LogP contribution is -3.00. The molecule has 23 heavy (non-hydrogen) atoms. The Bertz CT molecular complexity index is 771. The summed E-state index contributed by atoms with van der Waals surface area (Å²) in [5.41, 5.74) is 1.34. The van der Waals surface area contributed by atoms with Crippen molar-refractivity contribution in [2.75, 3.05) is 7.11 Å². The molecule has 0 fully saturated rings. The molecule has 1 aromatic carbocycles. The van der Waals surface area contributed by atoms with Gasteiger partial charge in [-0.25, -0.2) is 4.57 Å². The summed E-state index contributed by atoms with van der Waals surface area (Å²) in [7, 11) is 1.58. The van der Waals surface area contributed by atoms with Crippen molar-refractivity contribution in [3.8, 4) is 17.2 Å². The highest BCUT2D eigenvalue weighted by atomic mass is 79.9. The Morgan fingerprint density at radius 2 is 2.13 bits per heavy atom. The van der Waals surface area contributed by atoms with Crippen molar-refractivity contribution < 1.29 is 35.5 Å². The Morgan fingerprint density at radius 1 is 1.26 bits per heavy atom. The van der Waals surface area contributed by atoms with Crippen LogP contribution in [0.1, 0.15) is 10.4 Å². The number of furan rings is 1. The van der Waals surface area contributed by atoms with Gasteiger partial charge in [-0.15, -0.1) is 0 Å². The van der Waals surface area contributed by atoms with E-state index < -0.39 is 0 Å². The SMILES string of the molecule is COc1cccc(C(=O)C[n+]2ccc(-c3ccco3)nc2)c1.[Br-]. The molecule has 0 aliphatic rings. The van der Waals surface area contributed by atoms with Crippen molar-refractivity contribution in [2.45, 2.75) is 6.54 Å². The lowest BCUT2D eigenvalue weighted by atomic mass is 10.1. The van der Waals surface area contributed by atoms with Crippen LogP contribution in [0.2, 0.25) is 0 Å². The minimum Gasteiger partial charge on any atom is -1.00 e. The summed E-state index contributed by atoms with van der Waals surface area (Å²) in [5.74, 6) is 1.37. The molecule has 5 nitrogen and oxygen atoms in total. The van der Waals surface area contributed by atoms with Crippen molar-refractivity contribution in [3.63, 3.8) is 0 Å². The fourth-order valence-electron chi connectivity index (χ4n) is 2.10. The molecule has 2 heterocycles. The molecule has 0 unspecified atom stereocenters. The van der Waals surface area contributed by atoms with E-state index in [0.29, 0.717) is 17.1 Å². The average Bonchev–Trinajstić information content (AvgIpc) is 3.10. The lowest BCUT2D eigenvalue weighted by Gasteiger charge is -2.03. The van der Waals surface area contributed by atoms with E-state index in [1.165, 1.54) is 0 Å². The summed E-state index contributed by atoms with van der Waals surface area (Å²) in [6.07, 6.45) is 5.03. The van der Waals surface area contributed by atoms with E-state index in [4.69, 9.17) is 9.15 Å². The molecule has 0 amide bonds. The van der Waals surface area contributed by atoms with Crippen molar-refractivity contribution >= 4 is 5.78 Å². The zero-order valence-corrected chi connectivity index (χ0v) is 14.1. The molecule has 0 spiro atoms.